The maximum Gasteiger partial charge on any atom is 0.0662 e. The molecule has 0 aliphatic heterocycles. The fourth-order valence-electron chi connectivity index (χ4n) is 1.22. The topological polar surface area (TPSA) is 38.9 Å². The van der Waals surface area contributed by atoms with E-state index in [9.17, 15) is 0 Å². The van der Waals surface area contributed by atoms with Crippen molar-refractivity contribution in [1.29, 1.82) is 0 Å². The molecule has 14 heavy (non-hydrogen) atoms. The average molecular weight is 225 g/mol. The van der Waals surface area contributed by atoms with Crippen LogP contribution in [0, 0.1) is 0 Å². The van der Waals surface area contributed by atoms with Gasteiger partial charge in [-0.25, -0.2) is 4.37 Å². The first-order valence-corrected chi connectivity index (χ1v) is 5.34. The lowest BCUT2D eigenvalue weighted by Gasteiger charge is -2.08. The van der Waals surface area contributed by atoms with Crippen LogP contribution in [0.5, 0.6) is 0 Å². The molecule has 1 atom stereocenters. The van der Waals surface area contributed by atoms with Crippen LogP contribution in [0.1, 0.15) is 16.5 Å². The highest BCUT2D eigenvalue weighted by atomic mass is 35.5. The van der Waals surface area contributed by atoms with E-state index < -0.39 is 0 Å². The van der Waals surface area contributed by atoms with Crippen molar-refractivity contribution in [3.8, 4) is 0 Å². The van der Waals surface area contributed by atoms with Crippen molar-refractivity contribution in [2.75, 3.05) is 0 Å². The van der Waals surface area contributed by atoms with Gasteiger partial charge in [0.1, 0.15) is 0 Å². The fourth-order valence-corrected chi connectivity index (χ4v) is 1.96. The van der Waals surface area contributed by atoms with Crippen molar-refractivity contribution in [3.05, 3.63) is 52.0 Å². The van der Waals surface area contributed by atoms with Gasteiger partial charge in [0.2, 0.25) is 0 Å². The zero-order chi connectivity index (χ0) is 9.97. The predicted molar refractivity (Wildman–Crippen MR) is 59.6 cm³/mol. The molecule has 72 valence electrons. The monoisotopic (exact) mass is 224 g/mol. The van der Waals surface area contributed by atoms with Gasteiger partial charge < -0.3 is 5.73 Å². The Morgan fingerprint density at radius 3 is 2.50 bits per heavy atom. The van der Waals surface area contributed by atoms with Gasteiger partial charge in [0, 0.05) is 16.1 Å². The lowest BCUT2D eigenvalue weighted by molar-refractivity contribution is 0.894. The number of aromatic nitrogens is 1. The Balaban J connectivity index is 2.28. The van der Waals surface area contributed by atoms with E-state index in [0.29, 0.717) is 0 Å². The van der Waals surface area contributed by atoms with Gasteiger partial charge in [-0.05, 0) is 35.3 Å². The summed E-state index contributed by atoms with van der Waals surface area (Å²) in [5.41, 5.74) is 7.09. The van der Waals surface area contributed by atoms with Crippen LogP contribution in [0.15, 0.2) is 36.5 Å². The Morgan fingerprint density at radius 2 is 1.93 bits per heavy atom. The molecule has 0 amide bonds. The minimum Gasteiger partial charge on any atom is -0.320 e. The molecule has 0 bridgehead atoms. The molecule has 1 unspecified atom stereocenters. The highest BCUT2D eigenvalue weighted by Crippen LogP contribution is 2.23. The molecule has 2 N–H and O–H groups in total. The summed E-state index contributed by atoms with van der Waals surface area (Å²) in [6.45, 7) is 0. The Labute approximate surface area is 91.5 Å². The van der Waals surface area contributed by atoms with Crippen LogP contribution in [-0.2, 0) is 0 Å². The highest BCUT2D eigenvalue weighted by Gasteiger charge is 2.09. The van der Waals surface area contributed by atoms with E-state index in [2.05, 4.69) is 4.37 Å². The van der Waals surface area contributed by atoms with Crippen LogP contribution in [0.3, 0.4) is 0 Å². The lowest BCUT2D eigenvalue weighted by atomic mass is 10.1. The van der Waals surface area contributed by atoms with Crippen LogP contribution in [0.4, 0.5) is 0 Å². The van der Waals surface area contributed by atoms with Crippen molar-refractivity contribution < 1.29 is 0 Å². The first-order chi connectivity index (χ1) is 6.77. The summed E-state index contributed by atoms with van der Waals surface area (Å²) in [7, 11) is 0. The Bertz CT molecular complexity index is 397. The molecule has 1 heterocycles. The maximum atomic E-state index is 6.04. The molecule has 0 spiro atoms. The van der Waals surface area contributed by atoms with Crippen LogP contribution >= 0.6 is 23.1 Å². The van der Waals surface area contributed by atoms with Crippen molar-refractivity contribution in [2.45, 2.75) is 6.04 Å². The smallest absolute Gasteiger partial charge is 0.0662 e. The largest absolute Gasteiger partial charge is 0.320 e. The molecule has 1 aromatic heterocycles. The van der Waals surface area contributed by atoms with Gasteiger partial charge in [0.25, 0.3) is 0 Å². The van der Waals surface area contributed by atoms with Crippen LogP contribution in [0.2, 0.25) is 5.02 Å². The fraction of sp³-hybridized carbons (Fsp3) is 0.100. The number of hydrogen-bond acceptors (Lipinski definition) is 3. The van der Waals surface area contributed by atoms with Crippen molar-refractivity contribution in [2.24, 2.45) is 5.73 Å². The first-order valence-electron chi connectivity index (χ1n) is 4.19. The normalized spacial score (nSPS) is 12.7. The molecular formula is C10H9ClN2S. The molecule has 2 nitrogen and oxygen atoms in total. The third-order valence-corrected chi connectivity index (χ3v) is 3.07. The SMILES string of the molecule is NC(c1ccc(Cl)cc1)c1ccns1. The standard InChI is InChI=1S/C10H9ClN2S/c11-8-3-1-7(2-4-8)10(12)9-5-6-13-14-9/h1-6,10H,12H2. The second-order valence-corrected chi connectivity index (χ2v) is 4.25. The van der Waals surface area contributed by atoms with Crippen molar-refractivity contribution >= 4 is 23.1 Å². The molecular weight excluding hydrogens is 216 g/mol. The van der Waals surface area contributed by atoms with Gasteiger partial charge in [-0.1, -0.05) is 23.7 Å². The molecule has 0 aliphatic rings. The maximum absolute atomic E-state index is 6.04. The van der Waals surface area contributed by atoms with Crippen LogP contribution in [0.25, 0.3) is 0 Å². The highest BCUT2D eigenvalue weighted by molar-refractivity contribution is 7.05. The van der Waals surface area contributed by atoms with Gasteiger partial charge in [-0.3, -0.25) is 0 Å². The van der Waals surface area contributed by atoms with Gasteiger partial charge in [-0.15, -0.1) is 0 Å². The van der Waals surface area contributed by atoms with E-state index in [1.807, 2.05) is 30.3 Å². The third kappa shape index (κ3) is 1.95. The quantitative estimate of drug-likeness (QED) is 0.852. The van der Waals surface area contributed by atoms with Crippen molar-refractivity contribution in [1.82, 2.24) is 4.37 Å². The minimum absolute atomic E-state index is 0.0974. The summed E-state index contributed by atoms with van der Waals surface area (Å²) in [5.74, 6) is 0. The summed E-state index contributed by atoms with van der Waals surface area (Å²) >= 11 is 7.21. The van der Waals surface area contributed by atoms with Crippen LogP contribution < -0.4 is 5.73 Å². The zero-order valence-corrected chi connectivity index (χ0v) is 8.92. The second kappa shape index (κ2) is 4.09. The average Bonchev–Trinajstić information content (AvgIpc) is 2.71. The number of nitrogens with two attached hydrogens (primary N) is 1. The summed E-state index contributed by atoms with van der Waals surface area (Å²) in [6, 6.07) is 9.40. The van der Waals surface area contributed by atoms with Crippen LogP contribution in [-0.4, -0.2) is 4.37 Å². The van der Waals surface area contributed by atoms with E-state index in [0.717, 1.165) is 15.5 Å². The van der Waals surface area contributed by atoms with Gasteiger partial charge in [0.15, 0.2) is 0 Å². The summed E-state index contributed by atoms with van der Waals surface area (Å²) in [5, 5.41) is 0.727. The summed E-state index contributed by atoms with van der Waals surface area (Å²) < 4.78 is 4.02. The number of nitrogens with zero attached hydrogens (tertiary/aromatic N) is 1. The van der Waals surface area contributed by atoms with Gasteiger partial charge in [-0.2, -0.15) is 0 Å². The molecule has 1 aromatic carbocycles. The molecule has 0 fully saturated rings. The number of hydrogen-bond donors (Lipinski definition) is 1. The van der Waals surface area contributed by atoms with E-state index in [1.165, 1.54) is 11.5 Å². The third-order valence-electron chi connectivity index (χ3n) is 1.99. The molecule has 0 radical (unpaired) electrons. The molecule has 2 rings (SSSR count). The number of benzene rings is 1. The van der Waals surface area contributed by atoms with E-state index in [-0.39, 0.29) is 6.04 Å². The van der Waals surface area contributed by atoms with E-state index in [4.69, 9.17) is 17.3 Å². The van der Waals surface area contributed by atoms with Gasteiger partial charge >= 0.3 is 0 Å². The Hall–Kier alpha value is -0.900. The molecule has 0 aliphatic carbocycles. The predicted octanol–water partition coefficient (Wildman–Crippen LogP) is 2.84. The molecule has 0 saturated carbocycles. The summed E-state index contributed by atoms with van der Waals surface area (Å²) in [4.78, 5) is 1.06. The van der Waals surface area contributed by atoms with E-state index >= 15 is 0 Å². The number of rotatable bonds is 2. The molecule has 2 aromatic rings. The van der Waals surface area contributed by atoms with E-state index in [1.54, 1.807) is 6.20 Å². The Morgan fingerprint density at radius 1 is 1.21 bits per heavy atom. The Kier molecular flexibility index (Phi) is 2.82. The first kappa shape index (κ1) is 9.65. The zero-order valence-electron chi connectivity index (χ0n) is 7.35. The lowest BCUT2D eigenvalue weighted by Crippen LogP contribution is -2.09. The summed E-state index contributed by atoms with van der Waals surface area (Å²) in [6.07, 6.45) is 1.76. The molecule has 0 saturated heterocycles. The minimum atomic E-state index is -0.0974. The van der Waals surface area contributed by atoms with Gasteiger partial charge in [0.05, 0.1) is 6.04 Å². The second-order valence-electron chi connectivity index (χ2n) is 2.94. The molecule has 4 heteroatoms. The number of halogens is 1. The van der Waals surface area contributed by atoms with Crippen molar-refractivity contribution in [3.63, 3.8) is 0 Å².